The summed E-state index contributed by atoms with van der Waals surface area (Å²) in [5.74, 6) is 6.91. The summed E-state index contributed by atoms with van der Waals surface area (Å²) in [6.07, 6.45) is 28.7. The fourth-order valence-corrected chi connectivity index (χ4v) is 7.40. The number of nitrogens with zero attached hydrogens (tertiary/aromatic N) is 1. The SMILES string of the molecule is [B](c1ccc(C=BC2CCCCCCC([B]C3CCCCCCCCC3)CCCCC2)cc1)c1nc2bbcbc2[nH]1. The first kappa shape index (κ1) is 32.0. The Labute approximate surface area is 260 Å². The molecule has 0 aliphatic heterocycles. The zero-order valence-corrected chi connectivity index (χ0v) is 26.2. The van der Waals surface area contributed by atoms with Gasteiger partial charge >= 0.3 is 242 Å². The second kappa shape index (κ2) is 18.4. The Morgan fingerprint density at radius 1 is 0.667 bits per heavy atom. The van der Waals surface area contributed by atoms with Crippen LogP contribution in [-0.4, -0.2) is 57.9 Å². The van der Waals surface area contributed by atoms with Crippen molar-refractivity contribution in [3.05, 3.63) is 35.7 Å². The van der Waals surface area contributed by atoms with Gasteiger partial charge in [-0.25, -0.2) is 0 Å². The summed E-state index contributed by atoms with van der Waals surface area (Å²) >= 11 is 0. The predicted molar refractivity (Wildman–Crippen MR) is 192 cm³/mol. The Hall–Kier alpha value is -1.44. The number of H-pyrrole nitrogens is 1. The minimum atomic E-state index is 0.720. The van der Waals surface area contributed by atoms with Crippen LogP contribution in [0.5, 0.6) is 0 Å². The third-order valence-corrected chi connectivity index (χ3v) is 9.95. The second-order valence-corrected chi connectivity index (χ2v) is 13.5. The summed E-state index contributed by atoms with van der Waals surface area (Å²) in [5.41, 5.74) is 5.51. The maximum absolute atomic E-state index is 4.69. The van der Waals surface area contributed by atoms with Crippen LogP contribution in [-0.2, 0) is 0 Å². The van der Waals surface area contributed by atoms with Crippen molar-refractivity contribution in [1.82, 2.24) is 9.97 Å². The molecule has 42 heavy (non-hydrogen) atoms. The number of nitrogens with one attached hydrogen (secondary N) is 1. The zero-order valence-electron chi connectivity index (χ0n) is 26.2. The Morgan fingerprint density at radius 3 is 1.76 bits per heavy atom. The van der Waals surface area contributed by atoms with E-state index in [1.54, 1.807) is 0 Å². The molecule has 0 amide bonds. The summed E-state index contributed by atoms with van der Waals surface area (Å²) < 4.78 is 0. The number of hydrogen-bond donors (Lipinski definition) is 1. The van der Waals surface area contributed by atoms with Crippen LogP contribution in [0, 0.1) is 0 Å². The molecule has 2 unspecified atom stereocenters. The second-order valence-electron chi connectivity index (χ2n) is 13.5. The van der Waals surface area contributed by atoms with Gasteiger partial charge in [0.15, 0.2) is 0 Å². The Morgan fingerprint density at radius 2 is 1.19 bits per heavy atom. The molecule has 2 nitrogen and oxygen atoms in total. The molecule has 0 saturated heterocycles. The molecule has 0 bridgehead atoms. The summed E-state index contributed by atoms with van der Waals surface area (Å²) in [6.45, 7) is 8.69. The van der Waals surface area contributed by atoms with Crippen LogP contribution < -0.4 is 11.2 Å². The van der Waals surface area contributed by atoms with Crippen molar-refractivity contribution in [2.75, 3.05) is 0 Å². The van der Waals surface area contributed by atoms with E-state index in [4.69, 9.17) is 4.98 Å². The quantitative estimate of drug-likeness (QED) is 0.329. The fraction of sp³-hybridized carbons (Fsp3) is 0.676. The van der Waals surface area contributed by atoms with Crippen molar-refractivity contribution in [3.8, 4) is 0 Å². The summed E-state index contributed by atoms with van der Waals surface area (Å²) in [7, 11) is 5.00. The number of rotatable bonds is 6. The van der Waals surface area contributed by atoms with Gasteiger partial charge in [0.05, 0.1) is 0 Å². The molecular formula is C34H50B6N2. The predicted octanol–water partition coefficient (Wildman–Crippen LogP) is 6.99. The van der Waals surface area contributed by atoms with Crippen molar-refractivity contribution < 1.29 is 0 Å². The number of fused-ring (bicyclic) bond motifs is 1. The van der Waals surface area contributed by atoms with Gasteiger partial charge in [0.1, 0.15) is 0 Å². The van der Waals surface area contributed by atoms with Crippen molar-refractivity contribution in [3.63, 3.8) is 0 Å². The molecule has 2 aliphatic carbocycles. The molecule has 1 aromatic carbocycles. The van der Waals surface area contributed by atoms with Crippen molar-refractivity contribution in [2.45, 2.75) is 146 Å². The van der Waals surface area contributed by atoms with Crippen LogP contribution in [0.15, 0.2) is 30.1 Å². The first-order chi connectivity index (χ1) is 20.8. The molecule has 2 radical (unpaired) electrons. The number of aromatic nitrogens is 2. The molecular weight excluding hydrogens is 501 g/mol. The van der Waals surface area contributed by atoms with Crippen LogP contribution in [0.2, 0.25) is 17.5 Å². The molecule has 2 atom stereocenters. The van der Waals surface area contributed by atoms with Crippen LogP contribution in [0.3, 0.4) is 0 Å². The van der Waals surface area contributed by atoms with Crippen LogP contribution >= 0.6 is 0 Å². The summed E-state index contributed by atoms with van der Waals surface area (Å²) in [6, 6.07) is 8.93. The van der Waals surface area contributed by atoms with Gasteiger partial charge in [-0.1, -0.05) is 19.3 Å². The van der Waals surface area contributed by atoms with Gasteiger partial charge in [0, 0.05) is 0 Å². The van der Waals surface area contributed by atoms with Gasteiger partial charge in [0.2, 0.25) is 0 Å². The Kier molecular flexibility index (Phi) is 14.0. The third-order valence-electron chi connectivity index (χ3n) is 9.95. The van der Waals surface area contributed by atoms with Crippen LogP contribution in [0.1, 0.15) is 134 Å². The fourth-order valence-electron chi connectivity index (χ4n) is 7.40. The molecule has 2 saturated carbocycles. The first-order valence-corrected chi connectivity index (χ1v) is 17.7. The Balaban J connectivity index is 1.07. The van der Waals surface area contributed by atoms with Crippen molar-refractivity contribution >= 4 is 70.0 Å². The van der Waals surface area contributed by atoms with Gasteiger partial charge in [-0.3, -0.25) is 0 Å². The molecule has 8 heteroatoms. The normalized spacial score (nSPS) is 22.6. The van der Waals surface area contributed by atoms with E-state index in [0.29, 0.717) is 0 Å². The average molecular weight is 552 g/mol. The zero-order chi connectivity index (χ0) is 28.7. The molecule has 2 fully saturated rings. The Bertz CT molecular complexity index is 1150. The van der Waals surface area contributed by atoms with Crippen molar-refractivity contribution in [1.29, 1.82) is 0 Å². The van der Waals surface area contributed by atoms with Gasteiger partial charge < -0.3 is 0 Å². The molecule has 5 rings (SSSR count). The summed E-state index contributed by atoms with van der Waals surface area (Å²) in [4.78, 5) is 8.10. The first-order valence-electron chi connectivity index (χ1n) is 17.7. The average Bonchev–Trinajstić information content (AvgIpc) is 3.43. The molecule has 3 aromatic rings. The van der Waals surface area contributed by atoms with Gasteiger partial charge in [-0.2, -0.15) is 0 Å². The topological polar surface area (TPSA) is 28.7 Å². The number of benzene rings is 1. The monoisotopic (exact) mass is 552 g/mol. The van der Waals surface area contributed by atoms with Gasteiger partial charge in [-0.15, -0.1) is 0 Å². The third kappa shape index (κ3) is 11.2. The van der Waals surface area contributed by atoms with Crippen molar-refractivity contribution in [2.24, 2.45) is 0 Å². The van der Waals surface area contributed by atoms with E-state index in [2.05, 4.69) is 70.4 Å². The van der Waals surface area contributed by atoms with Crippen LogP contribution in [0.4, 0.5) is 0 Å². The van der Waals surface area contributed by atoms with E-state index >= 15 is 0 Å². The van der Waals surface area contributed by atoms with Gasteiger partial charge in [0.25, 0.3) is 0 Å². The molecule has 214 valence electrons. The van der Waals surface area contributed by atoms with E-state index < -0.39 is 0 Å². The molecule has 2 aliphatic rings. The van der Waals surface area contributed by atoms with E-state index in [-0.39, 0.29) is 0 Å². The molecule has 2 aromatic heterocycles. The van der Waals surface area contributed by atoms with Crippen LogP contribution in [0.25, 0.3) is 10.8 Å². The molecule has 1 N–H and O–H groups in total. The van der Waals surface area contributed by atoms with E-state index in [0.717, 1.165) is 34.0 Å². The van der Waals surface area contributed by atoms with E-state index in [9.17, 15) is 0 Å². The molecule has 2 heterocycles. The standard InChI is InChI=1S/C34H50B6N2/c1-2-4-10-17-29(18-11-5-3-1)38-30-19-12-7-6-9-15-28(16-13-8-14-20-30)35-25-27-21-23-31(24-22-27)39-34-41-32-33(42-34)40-37-26-36-32/h21-26,28-30H,1-20H2,(H,41,42). The minimum absolute atomic E-state index is 0.720. The number of aromatic amines is 1. The maximum atomic E-state index is 4.69. The van der Waals surface area contributed by atoms with Gasteiger partial charge in [-0.05, 0) is 0 Å². The number of hydrogen-bond acceptors (Lipinski definition) is 1. The summed E-state index contributed by atoms with van der Waals surface area (Å²) in [5, 5.41) is 0. The van der Waals surface area contributed by atoms with E-state index in [1.165, 1.54) is 139 Å². The number of imidazole rings is 1. The molecule has 0 spiro atoms. The van der Waals surface area contributed by atoms with E-state index in [1.807, 2.05) is 12.7 Å².